The third-order valence-corrected chi connectivity index (χ3v) is 2.15. The average Bonchev–Trinajstić information content (AvgIpc) is 2.63. The van der Waals surface area contributed by atoms with Gasteiger partial charge in [0.25, 0.3) is 0 Å². The molecule has 0 aliphatic heterocycles. The minimum atomic E-state index is -0.636. The van der Waals surface area contributed by atoms with Crippen molar-refractivity contribution >= 4 is 0 Å². The van der Waals surface area contributed by atoms with Crippen LogP contribution < -0.4 is 0 Å². The van der Waals surface area contributed by atoms with Crippen LogP contribution in [0.4, 0.5) is 0 Å². The van der Waals surface area contributed by atoms with E-state index in [2.05, 4.69) is 12.0 Å². The molecule has 1 aromatic heterocycles. The minimum absolute atomic E-state index is 0.0109. The lowest BCUT2D eigenvalue weighted by Gasteiger charge is -2.04. The summed E-state index contributed by atoms with van der Waals surface area (Å²) in [6, 6.07) is 1.80. The number of aliphatic hydroxyl groups is 2. The SMILES string of the molecule is CCCCn1ccc([C@H](O)CCO)n1. The van der Waals surface area contributed by atoms with Crippen LogP contribution in [0.5, 0.6) is 0 Å². The standard InChI is InChI=1S/C10H18N2O2/c1-2-3-6-12-7-4-9(11-12)10(14)5-8-13/h4,7,10,13-14H,2-3,5-6,8H2,1H3/t10-/m1/s1. The van der Waals surface area contributed by atoms with Gasteiger partial charge in [-0.1, -0.05) is 13.3 Å². The Labute approximate surface area is 84.2 Å². The van der Waals surface area contributed by atoms with E-state index in [-0.39, 0.29) is 6.61 Å². The topological polar surface area (TPSA) is 58.3 Å². The smallest absolute Gasteiger partial charge is 0.1000 e. The predicted molar refractivity (Wildman–Crippen MR) is 53.8 cm³/mol. The number of aromatic nitrogens is 2. The maximum atomic E-state index is 9.52. The summed E-state index contributed by atoms with van der Waals surface area (Å²) >= 11 is 0. The van der Waals surface area contributed by atoms with Gasteiger partial charge in [-0.05, 0) is 12.5 Å². The van der Waals surface area contributed by atoms with Crippen LogP contribution in [0.25, 0.3) is 0 Å². The molecular formula is C10H18N2O2. The van der Waals surface area contributed by atoms with Crippen LogP contribution in [-0.2, 0) is 6.54 Å². The summed E-state index contributed by atoms with van der Waals surface area (Å²) in [5.41, 5.74) is 0.648. The van der Waals surface area contributed by atoms with E-state index in [0.29, 0.717) is 12.1 Å². The Bertz CT molecular complexity index is 260. The van der Waals surface area contributed by atoms with Crippen molar-refractivity contribution < 1.29 is 10.2 Å². The summed E-state index contributed by atoms with van der Waals surface area (Å²) in [6.07, 6.45) is 3.81. The number of hydrogen-bond acceptors (Lipinski definition) is 3. The van der Waals surface area contributed by atoms with Gasteiger partial charge in [-0.25, -0.2) is 0 Å². The first-order valence-corrected chi connectivity index (χ1v) is 5.10. The molecule has 1 aromatic rings. The Morgan fingerprint density at radius 3 is 3.00 bits per heavy atom. The van der Waals surface area contributed by atoms with Gasteiger partial charge in [-0.3, -0.25) is 4.68 Å². The molecule has 1 heterocycles. The third kappa shape index (κ3) is 3.12. The molecule has 0 saturated carbocycles. The van der Waals surface area contributed by atoms with Crippen LogP contribution in [0.3, 0.4) is 0 Å². The van der Waals surface area contributed by atoms with E-state index in [1.807, 2.05) is 10.9 Å². The summed E-state index contributed by atoms with van der Waals surface area (Å²) in [5.74, 6) is 0. The highest BCUT2D eigenvalue weighted by Gasteiger charge is 2.09. The van der Waals surface area contributed by atoms with E-state index in [9.17, 15) is 5.11 Å². The van der Waals surface area contributed by atoms with Crippen LogP contribution in [0.15, 0.2) is 12.3 Å². The lowest BCUT2D eigenvalue weighted by molar-refractivity contribution is 0.130. The van der Waals surface area contributed by atoms with Crippen molar-refractivity contribution in [3.8, 4) is 0 Å². The van der Waals surface area contributed by atoms with Crippen molar-refractivity contribution in [1.29, 1.82) is 0 Å². The Morgan fingerprint density at radius 2 is 2.36 bits per heavy atom. The highest BCUT2D eigenvalue weighted by atomic mass is 16.3. The van der Waals surface area contributed by atoms with Gasteiger partial charge in [-0.2, -0.15) is 5.10 Å². The Morgan fingerprint density at radius 1 is 1.57 bits per heavy atom. The first-order valence-electron chi connectivity index (χ1n) is 5.10. The zero-order chi connectivity index (χ0) is 10.4. The Balaban J connectivity index is 2.49. The molecule has 4 nitrogen and oxygen atoms in total. The predicted octanol–water partition coefficient (Wildman–Crippen LogP) is 1.10. The summed E-state index contributed by atoms with van der Waals surface area (Å²) in [6.45, 7) is 3.01. The van der Waals surface area contributed by atoms with Gasteiger partial charge in [0.15, 0.2) is 0 Å². The number of nitrogens with zero attached hydrogens (tertiary/aromatic N) is 2. The molecule has 0 aliphatic carbocycles. The summed E-state index contributed by atoms with van der Waals surface area (Å²) < 4.78 is 1.83. The maximum absolute atomic E-state index is 9.52. The van der Waals surface area contributed by atoms with Crippen molar-refractivity contribution in [2.24, 2.45) is 0 Å². The first-order chi connectivity index (χ1) is 6.77. The molecule has 14 heavy (non-hydrogen) atoms. The maximum Gasteiger partial charge on any atom is 0.1000 e. The van der Waals surface area contributed by atoms with E-state index >= 15 is 0 Å². The van der Waals surface area contributed by atoms with Gasteiger partial charge < -0.3 is 10.2 Å². The van der Waals surface area contributed by atoms with Crippen molar-refractivity contribution in [2.45, 2.75) is 38.8 Å². The number of rotatable bonds is 6. The van der Waals surface area contributed by atoms with Crippen molar-refractivity contribution in [3.63, 3.8) is 0 Å². The van der Waals surface area contributed by atoms with Gasteiger partial charge in [0, 0.05) is 25.8 Å². The number of aliphatic hydroxyl groups excluding tert-OH is 2. The fraction of sp³-hybridized carbons (Fsp3) is 0.700. The highest BCUT2D eigenvalue weighted by molar-refractivity contribution is 5.02. The van der Waals surface area contributed by atoms with Gasteiger partial charge >= 0.3 is 0 Å². The molecule has 0 bridgehead atoms. The van der Waals surface area contributed by atoms with Gasteiger partial charge in [0.05, 0.1) is 11.8 Å². The second-order valence-electron chi connectivity index (χ2n) is 3.39. The molecule has 80 valence electrons. The second-order valence-corrected chi connectivity index (χ2v) is 3.39. The summed E-state index contributed by atoms with van der Waals surface area (Å²) in [7, 11) is 0. The van der Waals surface area contributed by atoms with Crippen LogP contribution in [0.2, 0.25) is 0 Å². The molecule has 0 radical (unpaired) electrons. The van der Waals surface area contributed by atoms with E-state index < -0.39 is 6.10 Å². The molecule has 0 aromatic carbocycles. The van der Waals surface area contributed by atoms with Crippen LogP contribution in [-0.4, -0.2) is 26.6 Å². The lowest BCUT2D eigenvalue weighted by atomic mass is 10.2. The van der Waals surface area contributed by atoms with Crippen LogP contribution in [0.1, 0.15) is 38.0 Å². The molecule has 4 heteroatoms. The molecule has 0 fully saturated rings. The van der Waals surface area contributed by atoms with Crippen LogP contribution >= 0.6 is 0 Å². The van der Waals surface area contributed by atoms with Crippen molar-refractivity contribution in [1.82, 2.24) is 9.78 Å². The molecule has 0 aliphatic rings. The largest absolute Gasteiger partial charge is 0.396 e. The zero-order valence-electron chi connectivity index (χ0n) is 8.56. The molecule has 0 saturated heterocycles. The quantitative estimate of drug-likeness (QED) is 0.719. The second kappa shape index (κ2) is 5.78. The van der Waals surface area contributed by atoms with E-state index in [4.69, 9.17) is 5.11 Å². The molecule has 0 unspecified atom stereocenters. The van der Waals surface area contributed by atoms with E-state index in [0.717, 1.165) is 19.4 Å². The molecule has 2 N–H and O–H groups in total. The Kier molecular flexibility index (Phi) is 4.62. The van der Waals surface area contributed by atoms with Crippen LogP contribution in [0, 0.1) is 0 Å². The third-order valence-electron chi connectivity index (χ3n) is 2.15. The highest BCUT2D eigenvalue weighted by Crippen LogP contribution is 2.13. The molecule has 0 amide bonds. The zero-order valence-corrected chi connectivity index (χ0v) is 8.56. The normalized spacial score (nSPS) is 13.1. The van der Waals surface area contributed by atoms with Crippen molar-refractivity contribution in [3.05, 3.63) is 18.0 Å². The number of aryl methyl sites for hydroxylation is 1. The molecular weight excluding hydrogens is 180 g/mol. The fourth-order valence-corrected chi connectivity index (χ4v) is 1.27. The average molecular weight is 198 g/mol. The van der Waals surface area contributed by atoms with Gasteiger partial charge in [0.1, 0.15) is 0 Å². The van der Waals surface area contributed by atoms with Crippen molar-refractivity contribution in [2.75, 3.05) is 6.61 Å². The Hall–Kier alpha value is -0.870. The van der Waals surface area contributed by atoms with Gasteiger partial charge in [-0.15, -0.1) is 0 Å². The number of hydrogen-bond donors (Lipinski definition) is 2. The first kappa shape index (κ1) is 11.2. The molecule has 1 atom stereocenters. The molecule has 0 spiro atoms. The minimum Gasteiger partial charge on any atom is -0.396 e. The van der Waals surface area contributed by atoms with E-state index in [1.54, 1.807) is 6.07 Å². The van der Waals surface area contributed by atoms with E-state index in [1.165, 1.54) is 0 Å². The molecule has 1 rings (SSSR count). The monoisotopic (exact) mass is 198 g/mol. The summed E-state index contributed by atoms with van der Waals surface area (Å²) in [4.78, 5) is 0. The van der Waals surface area contributed by atoms with Gasteiger partial charge in [0.2, 0.25) is 0 Å². The fourth-order valence-electron chi connectivity index (χ4n) is 1.27. The number of unbranched alkanes of at least 4 members (excludes halogenated alkanes) is 1. The lowest BCUT2D eigenvalue weighted by Crippen LogP contribution is -2.04. The summed E-state index contributed by atoms with van der Waals surface area (Å²) in [5, 5.41) is 22.4.